The number of nitrogens with zero attached hydrogens (tertiary/aromatic N) is 1. The highest BCUT2D eigenvalue weighted by atomic mass is 19.4. The van der Waals surface area contributed by atoms with Crippen molar-refractivity contribution < 1.29 is 27.8 Å². The van der Waals surface area contributed by atoms with Crippen molar-refractivity contribution in [3.05, 3.63) is 30.0 Å². The van der Waals surface area contributed by atoms with Gasteiger partial charge in [-0.1, -0.05) is 0 Å². The Kier molecular flexibility index (Phi) is 2.68. The van der Waals surface area contributed by atoms with Crippen LogP contribution in [0.1, 0.15) is 5.56 Å². The van der Waals surface area contributed by atoms with E-state index in [1.54, 1.807) is 0 Å². The van der Waals surface area contributed by atoms with Crippen molar-refractivity contribution in [2.24, 2.45) is 0 Å². The Bertz CT molecular complexity index is 616. The topological polar surface area (TPSA) is 51.5 Å². The highest BCUT2D eigenvalue weighted by molar-refractivity contribution is 5.91. The molecule has 0 unspecified atom stereocenters. The first-order chi connectivity index (χ1) is 8.28. The molecule has 7 heteroatoms. The Labute approximate surface area is 99.2 Å². The largest absolute Gasteiger partial charge is 0.573 e. The van der Waals surface area contributed by atoms with Crippen LogP contribution in [0.5, 0.6) is 5.75 Å². The molecular weight excluding hydrogens is 251 g/mol. The Morgan fingerprint density at radius 3 is 2.61 bits per heavy atom. The molecule has 0 atom stereocenters. The number of aryl methyl sites for hydroxylation is 1. The molecule has 0 aliphatic carbocycles. The monoisotopic (exact) mass is 259 g/mol. The molecule has 18 heavy (non-hydrogen) atoms. The van der Waals surface area contributed by atoms with Crippen LogP contribution in [-0.4, -0.2) is 22.1 Å². The smallest absolute Gasteiger partial charge is 0.464 e. The number of halogens is 3. The number of carboxylic acid groups (broad SMARTS) is 1. The fourth-order valence-electron chi connectivity index (χ4n) is 1.81. The van der Waals surface area contributed by atoms with Gasteiger partial charge in [0.05, 0.1) is 5.52 Å². The summed E-state index contributed by atoms with van der Waals surface area (Å²) in [5.74, 6) is -0.365. The minimum Gasteiger partial charge on any atom is -0.464 e. The first-order valence-corrected chi connectivity index (χ1v) is 4.89. The number of alkyl halides is 3. The van der Waals surface area contributed by atoms with Gasteiger partial charge in [0, 0.05) is 11.6 Å². The quantitative estimate of drug-likeness (QED) is 0.854. The SMILES string of the molecule is Cc1cc(OC(F)(F)F)cc2ccn(C(=O)O)c12. The van der Waals surface area contributed by atoms with Crippen molar-refractivity contribution in [2.75, 3.05) is 0 Å². The van der Waals surface area contributed by atoms with Gasteiger partial charge < -0.3 is 9.84 Å². The molecular formula is C11H8F3NO3. The molecule has 1 N–H and O–H groups in total. The lowest BCUT2D eigenvalue weighted by atomic mass is 10.1. The molecule has 0 bridgehead atoms. The molecule has 1 aromatic heterocycles. The second-order valence-corrected chi connectivity index (χ2v) is 3.69. The van der Waals surface area contributed by atoms with E-state index in [2.05, 4.69) is 4.74 Å². The number of fused-ring (bicyclic) bond motifs is 1. The van der Waals surface area contributed by atoms with Crippen LogP contribution < -0.4 is 4.74 Å². The molecule has 0 fully saturated rings. The van der Waals surface area contributed by atoms with Gasteiger partial charge in [-0.25, -0.2) is 4.79 Å². The summed E-state index contributed by atoms with van der Waals surface area (Å²) in [5, 5.41) is 9.28. The zero-order valence-electron chi connectivity index (χ0n) is 9.15. The maximum atomic E-state index is 12.1. The van der Waals surface area contributed by atoms with Gasteiger partial charge in [-0.3, -0.25) is 4.57 Å². The summed E-state index contributed by atoms with van der Waals surface area (Å²) in [4.78, 5) is 10.9. The molecule has 0 saturated heterocycles. The van der Waals surface area contributed by atoms with Crippen molar-refractivity contribution in [3.8, 4) is 5.75 Å². The van der Waals surface area contributed by atoms with Gasteiger partial charge in [-0.05, 0) is 30.7 Å². The average Bonchev–Trinajstić information content (AvgIpc) is 2.58. The highest BCUT2D eigenvalue weighted by Gasteiger charge is 2.31. The zero-order valence-corrected chi connectivity index (χ0v) is 9.15. The second-order valence-electron chi connectivity index (χ2n) is 3.69. The van der Waals surface area contributed by atoms with Gasteiger partial charge >= 0.3 is 12.5 Å². The first-order valence-electron chi connectivity index (χ1n) is 4.89. The molecule has 4 nitrogen and oxygen atoms in total. The van der Waals surface area contributed by atoms with Crippen LogP contribution in [0, 0.1) is 6.92 Å². The highest BCUT2D eigenvalue weighted by Crippen LogP contribution is 2.29. The van der Waals surface area contributed by atoms with E-state index >= 15 is 0 Å². The van der Waals surface area contributed by atoms with Gasteiger partial charge in [-0.2, -0.15) is 0 Å². The van der Waals surface area contributed by atoms with E-state index in [4.69, 9.17) is 5.11 Å². The van der Waals surface area contributed by atoms with Gasteiger partial charge in [0.2, 0.25) is 0 Å². The van der Waals surface area contributed by atoms with Crippen molar-refractivity contribution in [3.63, 3.8) is 0 Å². The Morgan fingerprint density at radius 1 is 1.39 bits per heavy atom. The summed E-state index contributed by atoms with van der Waals surface area (Å²) in [7, 11) is 0. The lowest BCUT2D eigenvalue weighted by molar-refractivity contribution is -0.274. The van der Waals surface area contributed by atoms with Crippen LogP contribution in [0.25, 0.3) is 10.9 Å². The number of carbonyl (C=O) groups is 1. The lowest BCUT2D eigenvalue weighted by Gasteiger charge is -2.10. The van der Waals surface area contributed by atoms with Gasteiger partial charge in [0.1, 0.15) is 5.75 Å². The van der Waals surface area contributed by atoms with E-state index < -0.39 is 12.5 Å². The minimum atomic E-state index is -4.77. The van der Waals surface area contributed by atoms with Crippen molar-refractivity contribution in [2.45, 2.75) is 13.3 Å². The van der Waals surface area contributed by atoms with Crippen molar-refractivity contribution in [1.82, 2.24) is 4.57 Å². The number of hydrogen-bond donors (Lipinski definition) is 1. The van der Waals surface area contributed by atoms with E-state index in [9.17, 15) is 18.0 Å². The molecule has 0 saturated carbocycles. The zero-order chi connectivity index (χ0) is 13.5. The molecule has 96 valence electrons. The molecule has 0 aliphatic rings. The normalized spacial score (nSPS) is 11.8. The number of hydrogen-bond acceptors (Lipinski definition) is 2. The van der Waals surface area contributed by atoms with Crippen LogP contribution in [0.15, 0.2) is 24.4 Å². The Hall–Kier alpha value is -2.18. The summed E-state index contributed by atoms with van der Waals surface area (Å²) in [5.41, 5.74) is 0.733. The molecule has 0 radical (unpaired) electrons. The molecule has 2 rings (SSSR count). The van der Waals surface area contributed by atoms with Gasteiger partial charge in [-0.15, -0.1) is 13.2 Å². The van der Waals surface area contributed by atoms with Crippen LogP contribution >= 0.6 is 0 Å². The van der Waals surface area contributed by atoms with Crippen molar-refractivity contribution >= 4 is 17.0 Å². The molecule has 0 amide bonds. The molecule has 1 aromatic carbocycles. The Morgan fingerprint density at radius 2 is 2.06 bits per heavy atom. The number of rotatable bonds is 1. The van der Waals surface area contributed by atoms with Crippen molar-refractivity contribution in [1.29, 1.82) is 0 Å². The first kappa shape index (κ1) is 12.3. The summed E-state index contributed by atoms with van der Waals surface area (Å²) in [6.45, 7) is 1.52. The molecule has 2 aromatic rings. The molecule has 0 aliphatic heterocycles. The van der Waals surface area contributed by atoms with Crippen LogP contribution in [0.3, 0.4) is 0 Å². The summed E-state index contributed by atoms with van der Waals surface area (Å²) in [6.07, 6.45) is -4.69. The predicted octanol–water partition coefficient (Wildman–Crippen LogP) is 3.37. The summed E-state index contributed by atoms with van der Waals surface area (Å²) >= 11 is 0. The summed E-state index contributed by atoms with van der Waals surface area (Å²) < 4.78 is 41.0. The predicted molar refractivity (Wildman–Crippen MR) is 56.8 cm³/mol. The van der Waals surface area contributed by atoms with E-state index in [0.29, 0.717) is 16.5 Å². The van der Waals surface area contributed by atoms with E-state index in [0.717, 1.165) is 16.7 Å². The van der Waals surface area contributed by atoms with Crippen LogP contribution in [0.4, 0.5) is 18.0 Å². The van der Waals surface area contributed by atoms with Gasteiger partial charge in [0.25, 0.3) is 0 Å². The fraction of sp³-hybridized carbons (Fsp3) is 0.182. The third-order valence-electron chi connectivity index (χ3n) is 2.39. The van der Waals surface area contributed by atoms with Gasteiger partial charge in [0.15, 0.2) is 0 Å². The second kappa shape index (κ2) is 3.94. The summed E-state index contributed by atoms with van der Waals surface area (Å²) in [6, 6.07) is 3.71. The number of ether oxygens (including phenoxy) is 1. The van der Waals surface area contributed by atoms with E-state index in [1.807, 2.05) is 0 Å². The molecule has 0 spiro atoms. The van der Waals surface area contributed by atoms with E-state index in [1.165, 1.54) is 19.2 Å². The number of aromatic nitrogens is 1. The van der Waals surface area contributed by atoms with Crippen LogP contribution in [0.2, 0.25) is 0 Å². The lowest BCUT2D eigenvalue weighted by Crippen LogP contribution is -2.17. The Balaban J connectivity index is 2.55. The fourth-order valence-corrected chi connectivity index (χ4v) is 1.81. The maximum absolute atomic E-state index is 12.1. The third kappa shape index (κ3) is 2.24. The maximum Gasteiger partial charge on any atom is 0.573 e. The minimum absolute atomic E-state index is 0.344. The van der Waals surface area contributed by atoms with E-state index in [-0.39, 0.29) is 5.75 Å². The standard InChI is InChI=1S/C11H8F3NO3/c1-6-4-8(18-11(12,13)14)5-7-2-3-15(9(6)7)10(16)17/h2-5H,1H3,(H,16,17). The average molecular weight is 259 g/mol. The molecule has 1 heterocycles. The number of benzene rings is 1. The van der Waals surface area contributed by atoms with Crippen LogP contribution in [-0.2, 0) is 0 Å². The third-order valence-corrected chi connectivity index (χ3v) is 2.39.